The average Bonchev–Trinajstić information content (AvgIpc) is 2.23. The standard InChI is InChI=1S/C14H22O3/c1-8(12(16)17)6-14-7-10(13(14,3)4)5-11(15)9(14)2/h6,9-11,15H,5,7H2,1-4H3,(H,16,17). The molecule has 0 aliphatic heterocycles. The molecule has 3 fully saturated rings. The number of carboxylic acids is 1. The van der Waals surface area contributed by atoms with Crippen LogP contribution in [-0.4, -0.2) is 22.3 Å². The van der Waals surface area contributed by atoms with Crippen molar-refractivity contribution in [2.24, 2.45) is 22.7 Å². The highest BCUT2D eigenvalue weighted by atomic mass is 16.4. The summed E-state index contributed by atoms with van der Waals surface area (Å²) in [6, 6.07) is 0. The lowest BCUT2D eigenvalue weighted by Crippen LogP contribution is -2.64. The van der Waals surface area contributed by atoms with E-state index in [1.807, 2.05) is 13.0 Å². The van der Waals surface area contributed by atoms with Gasteiger partial charge in [0.1, 0.15) is 0 Å². The van der Waals surface area contributed by atoms with Gasteiger partial charge < -0.3 is 10.2 Å². The van der Waals surface area contributed by atoms with Gasteiger partial charge in [-0.1, -0.05) is 26.8 Å². The number of rotatable bonds is 2. The molecule has 2 N–H and O–H groups in total. The van der Waals surface area contributed by atoms with Gasteiger partial charge in [-0.2, -0.15) is 0 Å². The van der Waals surface area contributed by atoms with Gasteiger partial charge in [-0.3, -0.25) is 0 Å². The molecule has 0 aromatic rings. The summed E-state index contributed by atoms with van der Waals surface area (Å²) >= 11 is 0. The predicted octanol–water partition coefficient (Wildman–Crippen LogP) is 2.45. The molecule has 0 aromatic carbocycles. The fourth-order valence-corrected chi connectivity index (χ4v) is 3.99. The Bertz CT molecular complexity index is 383. The maximum atomic E-state index is 11.0. The van der Waals surface area contributed by atoms with Crippen molar-refractivity contribution in [1.82, 2.24) is 0 Å². The first-order chi connectivity index (χ1) is 7.72. The Balaban J connectivity index is 2.40. The molecule has 0 spiro atoms. The van der Waals surface area contributed by atoms with E-state index in [2.05, 4.69) is 13.8 Å². The van der Waals surface area contributed by atoms with Crippen LogP contribution in [0.15, 0.2) is 11.6 Å². The van der Waals surface area contributed by atoms with Crippen LogP contribution in [0.2, 0.25) is 0 Å². The van der Waals surface area contributed by atoms with Crippen LogP contribution in [0.5, 0.6) is 0 Å². The van der Waals surface area contributed by atoms with Crippen LogP contribution < -0.4 is 0 Å². The lowest BCUT2D eigenvalue weighted by atomic mass is 9.36. The third-order valence-electron chi connectivity index (χ3n) is 5.53. The van der Waals surface area contributed by atoms with E-state index in [1.165, 1.54) is 0 Å². The fraction of sp³-hybridized carbons (Fsp3) is 0.786. The molecule has 17 heavy (non-hydrogen) atoms. The maximum Gasteiger partial charge on any atom is 0.330 e. The van der Waals surface area contributed by atoms with Gasteiger partial charge in [0.2, 0.25) is 0 Å². The van der Waals surface area contributed by atoms with Crippen molar-refractivity contribution in [3.05, 3.63) is 11.6 Å². The molecule has 96 valence electrons. The van der Waals surface area contributed by atoms with Crippen LogP contribution in [0.3, 0.4) is 0 Å². The Morgan fingerprint density at radius 1 is 1.41 bits per heavy atom. The largest absolute Gasteiger partial charge is 0.478 e. The summed E-state index contributed by atoms with van der Waals surface area (Å²) in [6.07, 6.45) is 3.48. The number of aliphatic carboxylic acids is 1. The lowest BCUT2D eigenvalue weighted by molar-refractivity contribution is -0.205. The molecule has 4 atom stereocenters. The molecular formula is C14H22O3. The van der Waals surface area contributed by atoms with Gasteiger partial charge in [-0.05, 0) is 42.4 Å². The zero-order chi connectivity index (χ0) is 13.0. The quantitative estimate of drug-likeness (QED) is 0.726. The first-order valence-corrected chi connectivity index (χ1v) is 6.33. The van der Waals surface area contributed by atoms with Gasteiger partial charge in [0.05, 0.1) is 6.10 Å². The summed E-state index contributed by atoms with van der Waals surface area (Å²) in [7, 11) is 0. The molecule has 3 aliphatic carbocycles. The average molecular weight is 238 g/mol. The first kappa shape index (κ1) is 12.6. The van der Waals surface area contributed by atoms with Crippen LogP contribution in [0, 0.1) is 22.7 Å². The summed E-state index contributed by atoms with van der Waals surface area (Å²) in [5.74, 6) is -0.200. The summed E-state index contributed by atoms with van der Waals surface area (Å²) in [5, 5.41) is 19.1. The van der Waals surface area contributed by atoms with Gasteiger partial charge in [0.15, 0.2) is 0 Å². The molecule has 0 heterocycles. The predicted molar refractivity (Wildman–Crippen MR) is 65.5 cm³/mol. The second-order valence-corrected chi connectivity index (χ2v) is 6.39. The Hall–Kier alpha value is -0.830. The minimum absolute atomic E-state index is 0.0996. The van der Waals surface area contributed by atoms with Crippen LogP contribution in [0.25, 0.3) is 0 Å². The van der Waals surface area contributed by atoms with E-state index in [4.69, 9.17) is 5.11 Å². The molecular weight excluding hydrogens is 216 g/mol. The van der Waals surface area contributed by atoms with Gasteiger partial charge >= 0.3 is 5.97 Å². The third kappa shape index (κ3) is 1.48. The molecule has 3 aliphatic rings. The summed E-state index contributed by atoms with van der Waals surface area (Å²) in [5.41, 5.74) is 0.359. The van der Waals surface area contributed by atoms with E-state index in [-0.39, 0.29) is 22.9 Å². The van der Waals surface area contributed by atoms with E-state index in [0.29, 0.717) is 11.5 Å². The van der Waals surface area contributed by atoms with Gasteiger partial charge in [0, 0.05) is 5.57 Å². The van der Waals surface area contributed by atoms with Crippen LogP contribution in [-0.2, 0) is 4.79 Å². The molecule has 3 saturated carbocycles. The molecule has 0 saturated heterocycles. The fourth-order valence-electron chi connectivity index (χ4n) is 3.99. The van der Waals surface area contributed by atoms with E-state index >= 15 is 0 Å². The van der Waals surface area contributed by atoms with Crippen molar-refractivity contribution >= 4 is 5.97 Å². The number of hydrogen-bond donors (Lipinski definition) is 2. The van der Waals surface area contributed by atoms with E-state index in [0.717, 1.165) is 12.8 Å². The first-order valence-electron chi connectivity index (χ1n) is 6.33. The second-order valence-electron chi connectivity index (χ2n) is 6.39. The lowest BCUT2D eigenvalue weighted by Gasteiger charge is -2.69. The molecule has 3 rings (SSSR count). The number of hydrogen-bond acceptors (Lipinski definition) is 2. The third-order valence-corrected chi connectivity index (χ3v) is 5.53. The van der Waals surface area contributed by atoms with E-state index in [1.54, 1.807) is 6.92 Å². The SMILES string of the molecule is CC(=CC12CC(CC(O)C1C)C2(C)C)C(=O)O. The molecule has 3 heteroatoms. The highest BCUT2D eigenvalue weighted by molar-refractivity contribution is 5.86. The maximum absolute atomic E-state index is 11.0. The molecule has 0 amide bonds. The zero-order valence-electron chi connectivity index (χ0n) is 11.0. The molecule has 3 nitrogen and oxygen atoms in total. The monoisotopic (exact) mass is 238 g/mol. The number of fused-ring (bicyclic) bond motifs is 2. The van der Waals surface area contributed by atoms with E-state index in [9.17, 15) is 9.90 Å². The van der Waals surface area contributed by atoms with Crippen molar-refractivity contribution in [2.45, 2.75) is 46.6 Å². The van der Waals surface area contributed by atoms with Crippen molar-refractivity contribution in [3.63, 3.8) is 0 Å². The van der Waals surface area contributed by atoms with Gasteiger partial charge in [-0.15, -0.1) is 0 Å². The zero-order valence-corrected chi connectivity index (χ0v) is 11.0. The highest BCUT2D eigenvalue weighted by Crippen LogP contribution is 2.70. The normalized spacial score (nSPS) is 44.1. The van der Waals surface area contributed by atoms with Crippen molar-refractivity contribution < 1.29 is 15.0 Å². The van der Waals surface area contributed by atoms with Crippen LogP contribution in [0.1, 0.15) is 40.5 Å². The second kappa shape index (κ2) is 3.58. The smallest absolute Gasteiger partial charge is 0.330 e. The van der Waals surface area contributed by atoms with E-state index < -0.39 is 5.97 Å². The summed E-state index contributed by atoms with van der Waals surface area (Å²) in [4.78, 5) is 11.0. The number of carbonyl (C=O) groups is 1. The Morgan fingerprint density at radius 3 is 2.47 bits per heavy atom. The molecule has 0 radical (unpaired) electrons. The van der Waals surface area contributed by atoms with Crippen molar-refractivity contribution in [1.29, 1.82) is 0 Å². The van der Waals surface area contributed by atoms with Crippen molar-refractivity contribution in [2.75, 3.05) is 0 Å². The molecule has 2 bridgehead atoms. The molecule has 4 unspecified atom stereocenters. The van der Waals surface area contributed by atoms with Crippen molar-refractivity contribution in [3.8, 4) is 0 Å². The number of aliphatic hydroxyl groups excluding tert-OH is 1. The minimum atomic E-state index is -0.856. The number of carboxylic acid groups (broad SMARTS) is 1. The van der Waals surface area contributed by atoms with Gasteiger partial charge in [-0.25, -0.2) is 4.79 Å². The number of aliphatic hydroxyl groups is 1. The molecule has 0 aromatic heterocycles. The van der Waals surface area contributed by atoms with Crippen LogP contribution in [0.4, 0.5) is 0 Å². The van der Waals surface area contributed by atoms with Crippen LogP contribution >= 0.6 is 0 Å². The Labute approximate surface area is 103 Å². The highest BCUT2D eigenvalue weighted by Gasteiger charge is 2.65. The summed E-state index contributed by atoms with van der Waals surface area (Å²) < 4.78 is 0. The summed E-state index contributed by atoms with van der Waals surface area (Å²) in [6.45, 7) is 8.10. The number of allylic oxidation sites excluding steroid dienone is 1. The van der Waals surface area contributed by atoms with Gasteiger partial charge in [0.25, 0.3) is 0 Å². The minimum Gasteiger partial charge on any atom is -0.478 e. The Kier molecular flexibility index (Phi) is 2.66. The Morgan fingerprint density at radius 2 is 2.00 bits per heavy atom. The topological polar surface area (TPSA) is 57.5 Å².